The predicted molar refractivity (Wildman–Crippen MR) is 103 cm³/mol. The summed E-state index contributed by atoms with van der Waals surface area (Å²) in [4.78, 5) is 0. The number of benzene rings is 3. The third kappa shape index (κ3) is 5.45. The van der Waals surface area contributed by atoms with Gasteiger partial charge in [-0.1, -0.05) is 0 Å². The van der Waals surface area contributed by atoms with Gasteiger partial charge in [-0.25, -0.2) is 17.6 Å². The number of anilines is 2. The molecule has 4 N–H and O–H groups in total. The minimum atomic E-state index is -5.50. The first-order valence-electron chi connectivity index (χ1n) is 9.49. The lowest BCUT2D eigenvalue weighted by Crippen LogP contribution is -2.13. The van der Waals surface area contributed by atoms with E-state index in [9.17, 15) is 57.1 Å². The van der Waals surface area contributed by atoms with Gasteiger partial charge in [0.1, 0.15) is 11.5 Å². The summed E-state index contributed by atoms with van der Waals surface area (Å²) >= 11 is 0. The normalized spacial score (nSPS) is 12.6. The van der Waals surface area contributed by atoms with E-state index in [-0.39, 0.29) is 24.3 Å². The standard InChI is InChI=1S/C21H9F13N2O2/c22-13-8(20(29,30)31)4-10(35)15(24)17(13)37-6-1-2-7(19(26,27)28)12(3-6)38-18-14(23)9(21(32,33)34)5-11(36)16(18)25/h1-5H,35-36H2. The number of alkyl halides is 9. The summed E-state index contributed by atoms with van der Waals surface area (Å²) in [6, 6.07) is 0.101. The topological polar surface area (TPSA) is 70.5 Å². The lowest BCUT2D eigenvalue weighted by atomic mass is 10.1. The van der Waals surface area contributed by atoms with Crippen molar-refractivity contribution in [3.05, 3.63) is 70.3 Å². The molecule has 0 spiro atoms. The molecule has 0 unspecified atom stereocenters. The first-order chi connectivity index (χ1) is 17.2. The van der Waals surface area contributed by atoms with Crippen molar-refractivity contribution in [2.24, 2.45) is 0 Å². The monoisotopic (exact) mass is 568 g/mol. The van der Waals surface area contributed by atoms with Gasteiger partial charge in [0.2, 0.25) is 11.5 Å². The summed E-state index contributed by atoms with van der Waals surface area (Å²) in [6.07, 6.45) is -16.3. The van der Waals surface area contributed by atoms with Crippen LogP contribution in [0.4, 0.5) is 68.5 Å². The van der Waals surface area contributed by atoms with Crippen LogP contribution < -0.4 is 20.9 Å². The highest BCUT2D eigenvalue weighted by molar-refractivity contribution is 5.55. The molecule has 3 aromatic rings. The Labute approximate surface area is 202 Å². The number of rotatable bonds is 4. The number of hydrogen-bond donors (Lipinski definition) is 2. The summed E-state index contributed by atoms with van der Waals surface area (Å²) in [7, 11) is 0. The van der Waals surface area contributed by atoms with Gasteiger partial charge in [-0.2, -0.15) is 39.5 Å². The Bertz CT molecular complexity index is 1400. The van der Waals surface area contributed by atoms with E-state index in [0.29, 0.717) is 6.07 Å². The first kappa shape index (κ1) is 28.5. The average Bonchev–Trinajstić information content (AvgIpc) is 2.77. The summed E-state index contributed by atoms with van der Waals surface area (Å²) < 4.78 is 185. The van der Waals surface area contributed by atoms with Crippen molar-refractivity contribution in [2.45, 2.75) is 18.5 Å². The second-order valence-electron chi connectivity index (χ2n) is 7.30. The molecule has 0 radical (unpaired) electrons. The van der Waals surface area contributed by atoms with Crippen molar-refractivity contribution >= 4 is 11.4 Å². The SMILES string of the molecule is Nc1cc(C(F)(F)F)c(F)c(Oc2ccc(C(F)(F)F)c(Oc3c(F)c(N)cc(C(F)(F)F)c3F)c2)c1F. The molecule has 17 heteroatoms. The van der Waals surface area contributed by atoms with Crippen LogP contribution in [0.1, 0.15) is 16.7 Å². The number of nitrogens with two attached hydrogens (primary N) is 2. The predicted octanol–water partition coefficient (Wildman–Crippen LogP) is 8.05. The quantitative estimate of drug-likeness (QED) is 0.247. The Balaban J connectivity index is 2.19. The molecular weight excluding hydrogens is 559 g/mol. The lowest BCUT2D eigenvalue weighted by molar-refractivity contribution is -0.141. The zero-order valence-electron chi connectivity index (χ0n) is 17.8. The van der Waals surface area contributed by atoms with E-state index in [2.05, 4.69) is 9.47 Å². The van der Waals surface area contributed by atoms with Crippen LogP contribution >= 0.6 is 0 Å². The minimum absolute atomic E-state index is 0.0459. The van der Waals surface area contributed by atoms with E-state index in [0.717, 1.165) is 0 Å². The largest absolute Gasteiger partial charge is 0.451 e. The molecule has 0 aromatic heterocycles. The lowest BCUT2D eigenvalue weighted by Gasteiger charge is -2.19. The highest BCUT2D eigenvalue weighted by atomic mass is 19.4. The van der Waals surface area contributed by atoms with E-state index < -0.39 is 92.9 Å². The molecule has 0 atom stereocenters. The van der Waals surface area contributed by atoms with E-state index in [1.54, 1.807) is 0 Å². The van der Waals surface area contributed by atoms with Crippen LogP contribution in [-0.2, 0) is 18.5 Å². The fourth-order valence-corrected chi connectivity index (χ4v) is 2.97. The summed E-state index contributed by atoms with van der Waals surface area (Å²) in [5, 5.41) is 0. The Kier molecular flexibility index (Phi) is 7.02. The molecule has 4 nitrogen and oxygen atoms in total. The maximum Gasteiger partial charge on any atom is 0.419 e. The summed E-state index contributed by atoms with van der Waals surface area (Å²) in [5.74, 6) is -15.5. The van der Waals surface area contributed by atoms with E-state index in [4.69, 9.17) is 11.5 Å². The fourth-order valence-electron chi connectivity index (χ4n) is 2.97. The van der Waals surface area contributed by atoms with Crippen LogP contribution in [0.2, 0.25) is 0 Å². The van der Waals surface area contributed by atoms with Gasteiger partial charge in [0, 0.05) is 6.07 Å². The Morgan fingerprint density at radius 2 is 0.895 bits per heavy atom. The second kappa shape index (κ2) is 9.36. The molecule has 38 heavy (non-hydrogen) atoms. The van der Waals surface area contributed by atoms with Crippen LogP contribution in [0.25, 0.3) is 0 Å². The third-order valence-electron chi connectivity index (χ3n) is 4.68. The highest BCUT2D eigenvalue weighted by Gasteiger charge is 2.40. The van der Waals surface area contributed by atoms with Crippen LogP contribution in [-0.4, -0.2) is 0 Å². The van der Waals surface area contributed by atoms with Crippen LogP contribution in [0.15, 0.2) is 30.3 Å². The molecule has 206 valence electrons. The van der Waals surface area contributed by atoms with Crippen molar-refractivity contribution in [2.75, 3.05) is 11.5 Å². The highest BCUT2D eigenvalue weighted by Crippen LogP contribution is 2.46. The summed E-state index contributed by atoms with van der Waals surface area (Å²) in [5.41, 5.74) is 1.24. The Morgan fingerprint density at radius 1 is 0.500 bits per heavy atom. The van der Waals surface area contributed by atoms with Crippen molar-refractivity contribution in [1.29, 1.82) is 0 Å². The number of hydrogen-bond acceptors (Lipinski definition) is 4. The van der Waals surface area contributed by atoms with Crippen molar-refractivity contribution in [3.8, 4) is 23.0 Å². The molecule has 3 rings (SSSR count). The average molecular weight is 568 g/mol. The van der Waals surface area contributed by atoms with E-state index in [1.807, 2.05) is 0 Å². The van der Waals surface area contributed by atoms with Gasteiger partial charge in [-0.3, -0.25) is 0 Å². The number of halogens is 13. The van der Waals surface area contributed by atoms with Gasteiger partial charge < -0.3 is 20.9 Å². The fraction of sp³-hybridized carbons (Fsp3) is 0.143. The van der Waals surface area contributed by atoms with E-state index in [1.165, 1.54) is 0 Å². The second-order valence-corrected chi connectivity index (χ2v) is 7.30. The van der Waals surface area contributed by atoms with Crippen molar-refractivity contribution < 1.29 is 66.5 Å². The first-order valence-corrected chi connectivity index (χ1v) is 9.49. The molecule has 3 aromatic carbocycles. The zero-order valence-corrected chi connectivity index (χ0v) is 17.8. The number of nitrogen functional groups attached to an aromatic ring is 2. The molecule has 0 saturated carbocycles. The van der Waals surface area contributed by atoms with Gasteiger partial charge in [-0.05, 0) is 24.3 Å². The number of ether oxygens (including phenoxy) is 2. The molecule has 0 aliphatic heterocycles. The maximum absolute atomic E-state index is 14.4. The smallest absolute Gasteiger partial charge is 0.419 e. The molecule has 0 aliphatic rings. The molecular formula is C21H9F13N2O2. The Morgan fingerprint density at radius 3 is 1.29 bits per heavy atom. The Hall–Kier alpha value is -4.05. The van der Waals surface area contributed by atoms with Gasteiger partial charge in [-0.15, -0.1) is 0 Å². The third-order valence-corrected chi connectivity index (χ3v) is 4.68. The van der Waals surface area contributed by atoms with Crippen LogP contribution in [0.3, 0.4) is 0 Å². The molecule has 0 aliphatic carbocycles. The summed E-state index contributed by atoms with van der Waals surface area (Å²) in [6.45, 7) is 0. The van der Waals surface area contributed by atoms with Gasteiger partial charge in [0.05, 0.1) is 28.1 Å². The van der Waals surface area contributed by atoms with Crippen molar-refractivity contribution in [3.63, 3.8) is 0 Å². The van der Waals surface area contributed by atoms with Crippen LogP contribution in [0.5, 0.6) is 23.0 Å². The zero-order chi connectivity index (χ0) is 29.0. The van der Waals surface area contributed by atoms with E-state index >= 15 is 0 Å². The minimum Gasteiger partial charge on any atom is -0.451 e. The molecule has 0 bridgehead atoms. The molecule has 0 amide bonds. The van der Waals surface area contributed by atoms with Gasteiger partial charge in [0.15, 0.2) is 23.3 Å². The molecule has 0 heterocycles. The van der Waals surface area contributed by atoms with Crippen LogP contribution in [0, 0.1) is 23.3 Å². The molecule has 0 fully saturated rings. The molecule has 0 saturated heterocycles. The maximum atomic E-state index is 14.4. The van der Waals surface area contributed by atoms with Crippen molar-refractivity contribution in [1.82, 2.24) is 0 Å². The van der Waals surface area contributed by atoms with Gasteiger partial charge >= 0.3 is 18.5 Å². The van der Waals surface area contributed by atoms with Gasteiger partial charge in [0.25, 0.3) is 0 Å².